The molecule has 10 nitrogen and oxygen atoms in total. The molecule has 0 spiro atoms. The van der Waals surface area contributed by atoms with Crippen LogP contribution in [0.4, 0.5) is 14.9 Å². The quantitative estimate of drug-likeness (QED) is 0.239. The van der Waals surface area contributed by atoms with Crippen molar-refractivity contribution >= 4 is 45.0 Å². The lowest BCUT2D eigenvalue weighted by Crippen LogP contribution is -2.59. The van der Waals surface area contributed by atoms with Crippen LogP contribution in [0.5, 0.6) is 0 Å². The molecule has 2 aromatic carbocycles. The number of fused-ring (bicyclic) bond motifs is 1. The minimum absolute atomic E-state index is 0.187. The molecule has 0 aromatic heterocycles. The van der Waals surface area contributed by atoms with Crippen LogP contribution >= 0.6 is 11.6 Å². The molecule has 0 saturated carbocycles. The molecule has 0 radical (unpaired) electrons. The molecule has 0 unspecified atom stereocenters. The van der Waals surface area contributed by atoms with E-state index >= 15 is 0 Å². The van der Waals surface area contributed by atoms with E-state index in [0.717, 1.165) is 15.9 Å². The molecule has 0 bridgehead atoms. The normalized spacial score (nSPS) is 18.1. The first-order valence-electron chi connectivity index (χ1n) is 10.3. The average molecular weight is 527 g/mol. The number of nitrogens with two attached hydrogens (primary N) is 1. The number of hydrogen-bond donors (Lipinski definition) is 3. The maximum atomic E-state index is 14.8. The summed E-state index contributed by atoms with van der Waals surface area (Å²) in [5.74, 6) is -3.46. The second-order valence-corrected chi connectivity index (χ2v) is 11.4. The van der Waals surface area contributed by atoms with E-state index in [2.05, 4.69) is 5.16 Å². The number of halogens is 2. The summed E-state index contributed by atoms with van der Waals surface area (Å²) in [6.07, 6.45) is -1.49. The molecule has 4 N–H and O–H groups in total. The first-order chi connectivity index (χ1) is 16.2. The number of amidine groups is 1. The van der Waals surface area contributed by atoms with Crippen LogP contribution in [0.3, 0.4) is 0 Å². The van der Waals surface area contributed by atoms with E-state index in [1.54, 1.807) is 24.3 Å². The Kier molecular flexibility index (Phi) is 7.00. The van der Waals surface area contributed by atoms with Gasteiger partial charge in [0.25, 0.3) is 5.91 Å². The van der Waals surface area contributed by atoms with Crippen LogP contribution < -0.4 is 10.6 Å². The summed E-state index contributed by atoms with van der Waals surface area (Å²) in [5.41, 5.74) is 4.30. The van der Waals surface area contributed by atoms with Gasteiger partial charge in [-0.15, -0.1) is 0 Å². The topological polar surface area (TPSA) is 154 Å². The van der Waals surface area contributed by atoms with Gasteiger partial charge in [0.1, 0.15) is 11.9 Å². The van der Waals surface area contributed by atoms with Crippen LogP contribution in [0.15, 0.2) is 46.4 Å². The summed E-state index contributed by atoms with van der Waals surface area (Å²) in [4.78, 5) is 27.3. The van der Waals surface area contributed by atoms with Gasteiger partial charge >= 0.3 is 6.09 Å². The van der Waals surface area contributed by atoms with Crippen molar-refractivity contribution in [2.24, 2.45) is 10.9 Å². The van der Waals surface area contributed by atoms with Crippen LogP contribution in [0.25, 0.3) is 0 Å². The van der Waals surface area contributed by atoms with E-state index in [1.165, 1.54) is 20.8 Å². The van der Waals surface area contributed by atoms with Gasteiger partial charge in [-0.2, -0.15) is 0 Å². The summed E-state index contributed by atoms with van der Waals surface area (Å²) in [6.45, 7) is 4.39. The average Bonchev–Trinajstić information content (AvgIpc) is 2.82. The zero-order valence-corrected chi connectivity index (χ0v) is 20.6. The van der Waals surface area contributed by atoms with Gasteiger partial charge < -0.3 is 20.9 Å². The first-order valence-corrected chi connectivity index (χ1v) is 12.3. The van der Waals surface area contributed by atoms with E-state index in [0.29, 0.717) is 16.7 Å². The monoisotopic (exact) mass is 526 g/mol. The molecule has 1 atom stereocenters. The van der Waals surface area contributed by atoms with Crippen LogP contribution in [0.2, 0.25) is 5.02 Å². The van der Waals surface area contributed by atoms with Gasteiger partial charge in [-0.1, -0.05) is 28.9 Å². The fraction of sp³-hybridized carbons (Fsp3) is 0.318. The molecule has 188 valence electrons. The van der Waals surface area contributed by atoms with Crippen molar-refractivity contribution in [3.63, 3.8) is 0 Å². The van der Waals surface area contributed by atoms with Gasteiger partial charge in [0.05, 0.1) is 28.4 Å². The lowest BCUT2D eigenvalue weighted by molar-refractivity contribution is -0.124. The summed E-state index contributed by atoms with van der Waals surface area (Å²) in [6, 6.07) is 6.40. The number of hydrogen-bond acceptors (Lipinski definition) is 6. The Morgan fingerprint density at radius 1 is 1.29 bits per heavy atom. The van der Waals surface area contributed by atoms with E-state index in [1.807, 2.05) is 0 Å². The molecule has 1 aliphatic rings. The van der Waals surface area contributed by atoms with Crippen molar-refractivity contribution in [3.05, 3.63) is 58.4 Å². The number of sulfone groups is 1. The fourth-order valence-corrected chi connectivity index (χ4v) is 5.71. The summed E-state index contributed by atoms with van der Waals surface area (Å²) < 4.78 is 41.5. The lowest BCUT2D eigenvalue weighted by atomic mass is 10.0. The van der Waals surface area contributed by atoms with E-state index < -0.39 is 61.3 Å². The molecular formula is C22H24ClFN4O6S. The Morgan fingerprint density at radius 2 is 1.89 bits per heavy atom. The molecule has 13 heteroatoms. The Balaban J connectivity index is 2.31. The predicted molar refractivity (Wildman–Crippen MR) is 127 cm³/mol. The first kappa shape index (κ1) is 26.2. The molecule has 3 rings (SSSR count). The number of anilines is 1. The third-order valence-electron chi connectivity index (χ3n) is 5.48. The second-order valence-electron chi connectivity index (χ2n) is 8.96. The summed E-state index contributed by atoms with van der Waals surface area (Å²) >= 11 is 5.94. The highest BCUT2D eigenvalue weighted by Crippen LogP contribution is 2.36. The van der Waals surface area contributed by atoms with Crippen LogP contribution in [-0.4, -0.2) is 58.8 Å². The molecule has 0 aliphatic carbocycles. The van der Waals surface area contributed by atoms with Crippen molar-refractivity contribution < 1.29 is 32.7 Å². The second kappa shape index (κ2) is 9.34. The number of benzene rings is 2. The minimum atomic E-state index is -4.37. The number of rotatable bonds is 4. The molecule has 2 amide bonds. The Bertz CT molecular complexity index is 1310. The lowest BCUT2D eigenvalue weighted by Gasteiger charge is -2.39. The molecule has 1 heterocycles. The van der Waals surface area contributed by atoms with Crippen LogP contribution in [-0.2, 0) is 21.2 Å². The number of carbonyl (C=O) groups is 2. The summed E-state index contributed by atoms with van der Waals surface area (Å²) in [5, 5.41) is 22.1. The Morgan fingerprint density at radius 3 is 2.40 bits per heavy atom. The highest BCUT2D eigenvalue weighted by molar-refractivity contribution is 7.91. The van der Waals surface area contributed by atoms with Gasteiger partial charge in [0.2, 0.25) is 0 Å². The van der Waals surface area contributed by atoms with Gasteiger partial charge in [-0.25, -0.2) is 17.6 Å². The molecule has 0 fully saturated rings. The minimum Gasteiger partial charge on any atom is -0.465 e. The van der Waals surface area contributed by atoms with Crippen molar-refractivity contribution in [1.29, 1.82) is 0 Å². The van der Waals surface area contributed by atoms with E-state index in [4.69, 9.17) is 22.5 Å². The number of nitrogens with zero attached hydrogens (tertiary/aromatic N) is 3. The van der Waals surface area contributed by atoms with Gasteiger partial charge in [-0.05, 0) is 50.6 Å². The van der Waals surface area contributed by atoms with Crippen LogP contribution in [0, 0.1) is 5.82 Å². The third-order valence-corrected chi connectivity index (χ3v) is 7.48. The number of oxime groups is 1. The molecule has 35 heavy (non-hydrogen) atoms. The van der Waals surface area contributed by atoms with Crippen LogP contribution in [0.1, 0.15) is 31.9 Å². The Hall–Kier alpha value is -3.38. The molecular weight excluding hydrogens is 503 g/mol. The molecule has 1 aliphatic heterocycles. The number of carboxylic acid groups (broad SMARTS) is 1. The standard InChI is InChI=1S/C22H24ClFN4O6S/c1-22(2,3)28(21(30)31)17-11-35(33,34)18-9-15(24)14(19(25)26-32)8-16(18)27(20(17)29)10-12-4-6-13(23)7-5-12/h4-9,17,32H,10-11H2,1-3H3,(H2,25,26)(H,30,31)/t17-/m0/s1. The fourth-order valence-electron chi connectivity index (χ4n) is 3.93. The highest BCUT2D eigenvalue weighted by atomic mass is 35.5. The zero-order valence-electron chi connectivity index (χ0n) is 19.1. The Labute approximate surface area is 206 Å². The van der Waals surface area contributed by atoms with Crippen molar-refractivity contribution in [1.82, 2.24) is 4.90 Å². The summed E-state index contributed by atoms with van der Waals surface area (Å²) in [7, 11) is -4.37. The van der Waals surface area contributed by atoms with Crippen molar-refractivity contribution in [3.8, 4) is 0 Å². The SMILES string of the molecule is CC(C)(C)N(C(=O)O)[C@H]1CS(=O)(=O)c2cc(F)c(/C(N)=N/O)cc2N(Cc2ccc(Cl)cc2)C1=O. The largest absolute Gasteiger partial charge is 0.465 e. The zero-order chi connectivity index (χ0) is 26.3. The number of carbonyl (C=O) groups excluding carboxylic acids is 1. The van der Waals surface area contributed by atoms with Gasteiger partial charge in [0.15, 0.2) is 15.7 Å². The van der Waals surface area contributed by atoms with Crippen molar-refractivity contribution in [2.45, 2.75) is 43.8 Å². The van der Waals surface area contributed by atoms with E-state index in [9.17, 15) is 27.5 Å². The predicted octanol–water partition coefficient (Wildman–Crippen LogP) is 3.04. The maximum Gasteiger partial charge on any atom is 0.408 e. The molecule has 0 saturated heterocycles. The smallest absolute Gasteiger partial charge is 0.408 e. The maximum absolute atomic E-state index is 14.8. The van der Waals surface area contributed by atoms with Gasteiger partial charge in [-0.3, -0.25) is 9.69 Å². The van der Waals surface area contributed by atoms with E-state index in [-0.39, 0.29) is 12.2 Å². The number of amides is 2. The third kappa shape index (κ3) is 5.17. The van der Waals surface area contributed by atoms with Crippen molar-refractivity contribution in [2.75, 3.05) is 10.7 Å². The van der Waals surface area contributed by atoms with Gasteiger partial charge in [0, 0.05) is 10.6 Å². The molecule has 2 aromatic rings. The highest BCUT2D eigenvalue weighted by Gasteiger charge is 2.46.